The molecular weight excluding hydrogens is 240 g/mol. The average Bonchev–Trinajstić information content (AvgIpc) is 2.94. The molecule has 0 amide bonds. The molecule has 1 aromatic heterocycles. The van der Waals surface area contributed by atoms with Gasteiger partial charge in [-0.15, -0.1) is 0 Å². The molecule has 1 saturated heterocycles. The van der Waals surface area contributed by atoms with E-state index >= 15 is 0 Å². The van der Waals surface area contributed by atoms with Crippen molar-refractivity contribution in [1.82, 2.24) is 15.3 Å². The number of hydrogen-bond donors (Lipinski definition) is 2. The third kappa shape index (κ3) is 2.88. The van der Waals surface area contributed by atoms with Crippen molar-refractivity contribution in [3.63, 3.8) is 0 Å². The largest absolute Gasteiger partial charge is 0.495 e. The van der Waals surface area contributed by atoms with Gasteiger partial charge in [0.05, 0.1) is 19.3 Å². The molecule has 2 heterocycles. The molecule has 19 heavy (non-hydrogen) atoms. The van der Waals surface area contributed by atoms with Gasteiger partial charge in [0.15, 0.2) is 0 Å². The molecule has 1 aliphatic rings. The van der Waals surface area contributed by atoms with Gasteiger partial charge in [0, 0.05) is 11.7 Å². The molecule has 3 N–H and O–H groups in total. The number of rotatable bonds is 5. The Kier molecular flexibility index (Phi) is 4.39. The molecule has 0 bridgehead atoms. The highest BCUT2D eigenvalue weighted by atomic mass is 16.5. The van der Waals surface area contributed by atoms with Gasteiger partial charge in [0.2, 0.25) is 0 Å². The van der Waals surface area contributed by atoms with Crippen LogP contribution in [0.2, 0.25) is 0 Å². The van der Waals surface area contributed by atoms with E-state index < -0.39 is 0 Å². The number of likely N-dealkylation sites (tertiary alicyclic amines) is 1. The zero-order valence-electron chi connectivity index (χ0n) is 12.0. The Bertz CT molecular complexity index is 416. The first-order valence-corrected chi connectivity index (χ1v) is 6.79. The van der Waals surface area contributed by atoms with Gasteiger partial charge in [0.1, 0.15) is 5.75 Å². The topological polar surface area (TPSA) is 63.4 Å². The predicted octanol–water partition coefficient (Wildman–Crippen LogP) is 1.47. The molecule has 1 unspecified atom stereocenters. The van der Waals surface area contributed by atoms with Gasteiger partial charge in [-0.05, 0) is 51.4 Å². The highest BCUT2D eigenvalue weighted by molar-refractivity contribution is 5.28. The number of nitrogens with one attached hydrogen (secondary N) is 1. The predicted molar refractivity (Wildman–Crippen MR) is 75.7 cm³/mol. The molecule has 1 aromatic rings. The lowest BCUT2D eigenvalue weighted by atomic mass is 9.88. The molecule has 0 spiro atoms. The number of hydrogen-bond acceptors (Lipinski definition) is 5. The van der Waals surface area contributed by atoms with Crippen LogP contribution < -0.4 is 16.0 Å². The van der Waals surface area contributed by atoms with E-state index in [0.29, 0.717) is 0 Å². The fourth-order valence-corrected chi connectivity index (χ4v) is 2.89. The van der Waals surface area contributed by atoms with Crippen molar-refractivity contribution in [1.29, 1.82) is 0 Å². The quantitative estimate of drug-likeness (QED) is 0.623. The summed E-state index contributed by atoms with van der Waals surface area (Å²) < 4.78 is 5.24. The van der Waals surface area contributed by atoms with Crippen molar-refractivity contribution in [2.24, 2.45) is 5.84 Å². The van der Waals surface area contributed by atoms with Crippen molar-refractivity contribution >= 4 is 0 Å². The van der Waals surface area contributed by atoms with E-state index in [9.17, 15) is 0 Å². The minimum absolute atomic E-state index is 0.0215. The highest BCUT2D eigenvalue weighted by Crippen LogP contribution is 2.33. The summed E-state index contributed by atoms with van der Waals surface area (Å²) in [6.07, 6.45) is 6.08. The van der Waals surface area contributed by atoms with E-state index in [1.54, 1.807) is 13.3 Å². The number of nitrogens with zero attached hydrogens (tertiary/aromatic N) is 2. The van der Waals surface area contributed by atoms with Crippen molar-refractivity contribution in [2.45, 2.75) is 38.3 Å². The van der Waals surface area contributed by atoms with Crippen LogP contribution in [0, 0.1) is 0 Å². The maximum Gasteiger partial charge on any atom is 0.137 e. The molecule has 1 atom stereocenters. The number of aromatic nitrogens is 1. The number of hydrazine groups is 1. The van der Waals surface area contributed by atoms with Crippen LogP contribution >= 0.6 is 0 Å². The summed E-state index contributed by atoms with van der Waals surface area (Å²) in [5.74, 6) is 6.56. The molecule has 5 nitrogen and oxygen atoms in total. The second-order valence-corrected chi connectivity index (χ2v) is 5.61. The van der Waals surface area contributed by atoms with Crippen LogP contribution in [0.4, 0.5) is 0 Å². The van der Waals surface area contributed by atoms with Crippen LogP contribution in [-0.2, 0) is 0 Å². The van der Waals surface area contributed by atoms with Gasteiger partial charge in [-0.1, -0.05) is 0 Å². The van der Waals surface area contributed by atoms with Crippen molar-refractivity contribution < 1.29 is 4.74 Å². The van der Waals surface area contributed by atoms with Gasteiger partial charge >= 0.3 is 0 Å². The zero-order chi connectivity index (χ0) is 13.9. The third-order valence-corrected chi connectivity index (χ3v) is 4.10. The smallest absolute Gasteiger partial charge is 0.137 e. The molecule has 106 valence electrons. The Labute approximate surface area is 115 Å². The number of nitrogens with two attached hydrogens (primary N) is 1. The first-order valence-electron chi connectivity index (χ1n) is 6.79. The van der Waals surface area contributed by atoms with Gasteiger partial charge in [-0.2, -0.15) is 0 Å². The van der Waals surface area contributed by atoms with Crippen LogP contribution in [-0.4, -0.2) is 35.6 Å². The highest BCUT2D eigenvalue weighted by Gasteiger charge is 2.37. The number of ether oxygens (including phenoxy) is 1. The minimum atomic E-state index is -0.0563. The normalized spacial score (nSPS) is 18.5. The Balaban J connectivity index is 2.26. The number of methoxy groups -OCH3 is 1. The first kappa shape index (κ1) is 14.2. The summed E-state index contributed by atoms with van der Waals surface area (Å²) in [7, 11) is 1.65. The fraction of sp³-hybridized carbons (Fsp3) is 0.643. The van der Waals surface area contributed by atoms with Gasteiger partial charge in [0.25, 0.3) is 0 Å². The summed E-state index contributed by atoms with van der Waals surface area (Å²) in [5.41, 5.74) is 3.95. The third-order valence-electron chi connectivity index (χ3n) is 4.10. The lowest BCUT2D eigenvalue weighted by Crippen LogP contribution is -2.53. The molecule has 2 rings (SSSR count). The second kappa shape index (κ2) is 5.86. The van der Waals surface area contributed by atoms with Crippen LogP contribution in [0.15, 0.2) is 18.5 Å². The molecule has 0 saturated carbocycles. The summed E-state index contributed by atoms with van der Waals surface area (Å²) in [4.78, 5) is 6.71. The van der Waals surface area contributed by atoms with Crippen LogP contribution in [0.1, 0.15) is 38.3 Å². The standard InChI is InChI=1S/C14H24N4O/c1-14(2,18-6-4-5-7-18)13(17-15)11-8-12(19-3)10-16-9-11/h8-10,13,17H,4-7,15H2,1-3H3. The summed E-state index contributed by atoms with van der Waals surface area (Å²) >= 11 is 0. The zero-order valence-corrected chi connectivity index (χ0v) is 12.0. The summed E-state index contributed by atoms with van der Waals surface area (Å²) in [6.45, 7) is 6.70. The molecule has 0 radical (unpaired) electrons. The van der Waals surface area contributed by atoms with E-state index in [0.717, 1.165) is 24.4 Å². The average molecular weight is 264 g/mol. The second-order valence-electron chi connectivity index (χ2n) is 5.61. The summed E-state index contributed by atoms with van der Waals surface area (Å²) in [6, 6.07) is 2.02. The van der Waals surface area contributed by atoms with Gasteiger partial charge in [-0.25, -0.2) is 0 Å². The van der Waals surface area contributed by atoms with Crippen molar-refractivity contribution in [3.05, 3.63) is 24.0 Å². The maximum atomic E-state index is 5.80. The SMILES string of the molecule is COc1cncc(C(NN)C(C)(C)N2CCCC2)c1. The van der Waals surface area contributed by atoms with E-state index in [2.05, 4.69) is 29.2 Å². The van der Waals surface area contributed by atoms with E-state index in [1.807, 2.05) is 12.3 Å². The fourth-order valence-electron chi connectivity index (χ4n) is 2.89. The van der Waals surface area contributed by atoms with Crippen LogP contribution in [0.25, 0.3) is 0 Å². The van der Waals surface area contributed by atoms with E-state index in [-0.39, 0.29) is 11.6 Å². The van der Waals surface area contributed by atoms with Crippen LogP contribution in [0.5, 0.6) is 5.75 Å². The molecule has 1 fully saturated rings. The molecule has 0 aromatic carbocycles. The summed E-state index contributed by atoms with van der Waals surface area (Å²) in [5, 5.41) is 0. The minimum Gasteiger partial charge on any atom is -0.495 e. The van der Waals surface area contributed by atoms with Crippen LogP contribution in [0.3, 0.4) is 0 Å². The lowest BCUT2D eigenvalue weighted by Gasteiger charge is -2.42. The van der Waals surface area contributed by atoms with Gasteiger partial charge < -0.3 is 4.74 Å². The Morgan fingerprint density at radius 2 is 2.05 bits per heavy atom. The molecule has 0 aliphatic carbocycles. The Morgan fingerprint density at radius 3 is 2.63 bits per heavy atom. The number of pyridine rings is 1. The molecule has 1 aliphatic heterocycles. The van der Waals surface area contributed by atoms with Crippen molar-refractivity contribution in [3.8, 4) is 5.75 Å². The van der Waals surface area contributed by atoms with E-state index in [1.165, 1.54) is 12.8 Å². The lowest BCUT2D eigenvalue weighted by molar-refractivity contribution is 0.106. The van der Waals surface area contributed by atoms with Gasteiger partial charge in [-0.3, -0.25) is 21.2 Å². The monoisotopic (exact) mass is 264 g/mol. The molecule has 5 heteroatoms. The first-order chi connectivity index (χ1) is 9.09. The Morgan fingerprint density at radius 1 is 1.37 bits per heavy atom. The van der Waals surface area contributed by atoms with E-state index in [4.69, 9.17) is 10.6 Å². The maximum absolute atomic E-state index is 5.80. The molecular formula is C14H24N4O. The van der Waals surface area contributed by atoms with Crippen molar-refractivity contribution in [2.75, 3.05) is 20.2 Å². The Hall–Kier alpha value is -1.17.